The predicted octanol–water partition coefficient (Wildman–Crippen LogP) is 1.94. The van der Waals surface area contributed by atoms with E-state index in [9.17, 15) is 8.78 Å². The summed E-state index contributed by atoms with van der Waals surface area (Å²) in [6, 6.07) is 3.93. The summed E-state index contributed by atoms with van der Waals surface area (Å²) < 4.78 is 26.1. The molecule has 0 aliphatic carbocycles. The molecule has 0 amide bonds. The molecule has 0 spiro atoms. The van der Waals surface area contributed by atoms with Crippen molar-refractivity contribution in [2.24, 2.45) is 0 Å². The standard InChI is InChI=1S/C9H7F2N3/c10-6-3-1-2-5(8(6)11)7-4-13-9(12)14-7/h1-4H,(H3,12,13,14). The lowest BCUT2D eigenvalue weighted by atomic mass is 10.1. The van der Waals surface area contributed by atoms with E-state index in [4.69, 9.17) is 5.73 Å². The molecule has 2 rings (SSSR count). The lowest BCUT2D eigenvalue weighted by Crippen LogP contribution is -1.90. The molecule has 0 aliphatic heterocycles. The zero-order valence-electron chi connectivity index (χ0n) is 7.09. The number of rotatable bonds is 1. The molecule has 0 atom stereocenters. The van der Waals surface area contributed by atoms with Crippen LogP contribution >= 0.6 is 0 Å². The van der Waals surface area contributed by atoms with E-state index >= 15 is 0 Å². The summed E-state index contributed by atoms with van der Waals surface area (Å²) in [6.45, 7) is 0. The van der Waals surface area contributed by atoms with Gasteiger partial charge in [-0.05, 0) is 12.1 Å². The topological polar surface area (TPSA) is 54.7 Å². The normalized spacial score (nSPS) is 10.4. The van der Waals surface area contributed by atoms with Gasteiger partial charge in [0, 0.05) is 5.56 Å². The Morgan fingerprint density at radius 3 is 2.71 bits per heavy atom. The van der Waals surface area contributed by atoms with E-state index in [1.54, 1.807) is 0 Å². The highest BCUT2D eigenvalue weighted by Gasteiger charge is 2.10. The minimum atomic E-state index is -0.906. The predicted molar refractivity (Wildman–Crippen MR) is 48.4 cm³/mol. The number of hydrogen-bond acceptors (Lipinski definition) is 2. The number of halogens is 2. The third-order valence-electron chi connectivity index (χ3n) is 1.84. The minimum Gasteiger partial charge on any atom is -0.369 e. The lowest BCUT2D eigenvalue weighted by molar-refractivity contribution is 0.511. The third-order valence-corrected chi connectivity index (χ3v) is 1.84. The van der Waals surface area contributed by atoms with Crippen molar-refractivity contribution in [1.29, 1.82) is 0 Å². The Morgan fingerprint density at radius 2 is 2.07 bits per heavy atom. The second-order valence-electron chi connectivity index (χ2n) is 2.78. The molecule has 0 saturated heterocycles. The third kappa shape index (κ3) is 1.32. The molecule has 0 saturated carbocycles. The number of imidazole rings is 1. The number of H-pyrrole nitrogens is 1. The molecule has 14 heavy (non-hydrogen) atoms. The SMILES string of the molecule is Nc1ncc(-c2cccc(F)c2F)[nH]1. The van der Waals surface area contributed by atoms with Gasteiger partial charge in [0.15, 0.2) is 17.6 Å². The molecule has 0 bridgehead atoms. The number of hydrogen-bond donors (Lipinski definition) is 2. The first-order valence-corrected chi connectivity index (χ1v) is 3.93. The molecule has 2 aromatic rings. The van der Waals surface area contributed by atoms with Crippen LogP contribution in [0.3, 0.4) is 0 Å². The molecule has 0 fully saturated rings. The van der Waals surface area contributed by atoms with Crippen molar-refractivity contribution in [3.8, 4) is 11.3 Å². The van der Waals surface area contributed by atoms with E-state index in [0.29, 0.717) is 5.69 Å². The fourth-order valence-electron chi connectivity index (χ4n) is 1.19. The van der Waals surface area contributed by atoms with E-state index in [1.807, 2.05) is 0 Å². The number of aromatic amines is 1. The lowest BCUT2D eigenvalue weighted by Gasteiger charge is -1.99. The van der Waals surface area contributed by atoms with Gasteiger partial charge in [-0.3, -0.25) is 0 Å². The van der Waals surface area contributed by atoms with Crippen molar-refractivity contribution in [3.05, 3.63) is 36.0 Å². The van der Waals surface area contributed by atoms with Gasteiger partial charge in [-0.2, -0.15) is 0 Å². The van der Waals surface area contributed by atoms with E-state index < -0.39 is 11.6 Å². The molecule has 1 aromatic heterocycles. The van der Waals surface area contributed by atoms with E-state index in [2.05, 4.69) is 9.97 Å². The van der Waals surface area contributed by atoms with E-state index in [1.165, 1.54) is 18.3 Å². The molecule has 1 heterocycles. The Kier molecular flexibility index (Phi) is 1.92. The van der Waals surface area contributed by atoms with Gasteiger partial charge >= 0.3 is 0 Å². The van der Waals surface area contributed by atoms with Crippen molar-refractivity contribution in [2.75, 3.05) is 5.73 Å². The summed E-state index contributed by atoms with van der Waals surface area (Å²) in [5, 5.41) is 0. The van der Waals surface area contributed by atoms with Crippen LogP contribution in [-0.4, -0.2) is 9.97 Å². The van der Waals surface area contributed by atoms with Crippen LogP contribution in [-0.2, 0) is 0 Å². The summed E-state index contributed by atoms with van der Waals surface area (Å²) in [5.41, 5.74) is 5.80. The maximum absolute atomic E-state index is 13.2. The number of nitrogen functional groups attached to an aromatic ring is 1. The second-order valence-corrected chi connectivity index (χ2v) is 2.78. The Hall–Kier alpha value is -1.91. The quantitative estimate of drug-likeness (QED) is 0.730. The molecule has 0 unspecified atom stereocenters. The Bertz CT molecular complexity index is 465. The maximum Gasteiger partial charge on any atom is 0.197 e. The molecule has 72 valence electrons. The minimum absolute atomic E-state index is 0.120. The van der Waals surface area contributed by atoms with Gasteiger partial charge in [-0.1, -0.05) is 6.07 Å². The largest absolute Gasteiger partial charge is 0.369 e. The molecule has 1 aromatic carbocycles. The summed E-state index contributed by atoms with van der Waals surface area (Å²) >= 11 is 0. The molecule has 5 heteroatoms. The van der Waals surface area contributed by atoms with Crippen LogP contribution in [0.1, 0.15) is 0 Å². The molecule has 3 N–H and O–H groups in total. The average molecular weight is 195 g/mol. The van der Waals surface area contributed by atoms with Gasteiger partial charge in [0.25, 0.3) is 0 Å². The molecular weight excluding hydrogens is 188 g/mol. The van der Waals surface area contributed by atoms with E-state index in [-0.39, 0.29) is 11.5 Å². The first kappa shape index (κ1) is 8.68. The first-order valence-electron chi connectivity index (χ1n) is 3.93. The number of nitrogens with two attached hydrogens (primary N) is 1. The monoisotopic (exact) mass is 195 g/mol. The van der Waals surface area contributed by atoms with Gasteiger partial charge in [0.2, 0.25) is 0 Å². The van der Waals surface area contributed by atoms with Crippen LogP contribution in [0.15, 0.2) is 24.4 Å². The number of aromatic nitrogens is 2. The van der Waals surface area contributed by atoms with Crippen LogP contribution in [0.2, 0.25) is 0 Å². The van der Waals surface area contributed by atoms with Crippen LogP contribution in [0.4, 0.5) is 14.7 Å². The number of anilines is 1. The zero-order valence-corrected chi connectivity index (χ0v) is 7.09. The van der Waals surface area contributed by atoms with Gasteiger partial charge in [-0.25, -0.2) is 13.8 Å². The highest BCUT2D eigenvalue weighted by atomic mass is 19.2. The highest BCUT2D eigenvalue weighted by molar-refractivity contribution is 5.60. The number of nitrogens with zero attached hydrogens (tertiary/aromatic N) is 1. The first-order chi connectivity index (χ1) is 6.68. The van der Waals surface area contributed by atoms with Gasteiger partial charge in [0.1, 0.15) is 0 Å². The van der Waals surface area contributed by atoms with Crippen molar-refractivity contribution < 1.29 is 8.78 Å². The van der Waals surface area contributed by atoms with E-state index in [0.717, 1.165) is 6.07 Å². The fourth-order valence-corrected chi connectivity index (χ4v) is 1.19. The highest BCUT2D eigenvalue weighted by Crippen LogP contribution is 2.22. The van der Waals surface area contributed by atoms with Crippen LogP contribution in [0.5, 0.6) is 0 Å². The maximum atomic E-state index is 13.2. The molecular formula is C9H7F2N3. The van der Waals surface area contributed by atoms with Gasteiger partial charge in [-0.15, -0.1) is 0 Å². The summed E-state index contributed by atoms with van der Waals surface area (Å²) in [6.07, 6.45) is 1.35. The van der Waals surface area contributed by atoms with Gasteiger partial charge in [0.05, 0.1) is 11.9 Å². The van der Waals surface area contributed by atoms with Gasteiger partial charge < -0.3 is 10.7 Å². The fraction of sp³-hybridized carbons (Fsp3) is 0. The number of nitrogens with one attached hydrogen (secondary N) is 1. The second kappa shape index (κ2) is 3.10. The van der Waals surface area contributed by atoms with Crippen molar-refractivity contribution >= 4 is 5.95 Å². The zero-order chi connectivity index (χ0) is 10.1. The van der Waals surface area contributed by atoms with Crippen molar-refractivity contribution in [1.82, 2.24) is 9.97 Å². The molecule has 3 nitrogen and oxygen atoms in total. The Morgan fingerprint density at radius 1 is 1.29 bits per heavy atom. The van der Waals surface area contributed by atoms with Crippen molar-refractivity contribution in [2.45, 2.75) is 0 Å². The van der Waals surface area contributed by atoms with Crippen LogP contribution in [0, 0.1) is 11.6 Å². The summed E-state index contributed by atoms with van der Waals surface area (Å²) in [5.74, 6) is -1.63. The smallest absolute Gasteiger partial charge is 0.197 e. The molecule has 0 aliphatic rings. The van der Waals surface area contributed by atoms with Crippen LogP contribution < -0.4 is 5.73 Å². The Labute approximate surface area is 78.6 Å². The number of benzene rings is 1. The van der Waals surface area contributed by atoms with Crippen molar-refractivity contribution in [3.63, 3.8) is 0 Å². The Balaban J connectivity index is 2.57. The average Bonchev–Trinajstić information content (AvgIpc) is 2.57. The molecule has 0 radical (unpaired) electrons. The summed E-state index contributed by atoms with van der Waals surface area (Å²) in [7, 11) is 0. The van der Waals surface area contributed by atoms with Crippen LogP contribution in [0.25, 0.3) is 11.3 Å². The summed E-state index contributed by atoms with van der Waals surface area (Å²) in [4.78, 5) is 6.32.